The molecule has 2 unspecified atom stereocenters. The molecule has 0 amide bonds. The van der Waals surface area contributed by atoms with Crippen LogP contribution >= 0.6 is 0 Å². The van der Waals surface area contributed by atoms with Crippen molar-refractivity contribution in [1.82, 2.24) is 4.72 Å². The second-order valence-electron chi connectivity index (χ2n) is 4.09. The standard InChI is InChI=1S/C10H19NO5S/c1-8-9(5-6-16-8)11-17(13,14)7-3-4-10(12)15-2/h8-9,11H,3-7H2,1-2H3. The van der Waals surface area contributed by atoms with Gasteiger partial charge < -0.3 is 9.47 Å². The van der Waals surface area contributed by atoms with Crippen molar-refractivity contribution in [2.24, 2.45) is 0 Å². The van der Waals surface area contributed by atoms with Gasteiger partial charge in [-0.15, -0.1) is 0 Å². The van der Waals surface area contributed by atoms with E-state index in [1.54, 1.807) is 0 Å². The van der Waals surface area contributed by atoms with Crippen LogP contribution in [0.15, 0.2) is 0 Å². The molecule has 0 aliphatic carbocycles. The van der Waals surface area contributed by atoms with Gasteiger partial charge in [0.2, 0.25) is 10.0 Å². The Kier molecular flexibility index (Phi) is 5.35. The molecule has 1 aliphatic rings. The van der Waals surface area contributed by atoms with Gasteiger partial charge in [-0.1, -0.05) is 0 Å². The van der Waals surface area contributed by atoms with Gasteiger partial charge in [-0.25, -0.2) is 13.1 Å². The molecule has 0 aromatic carbocycles. The van der Waals surface area contributed by atoms with E-state index in [9.17, 15) is 13.2 Å². The van der Waals surface area contributed by atoms with Gasteiger partial charge in [0.25, 0.3) is 0 Å². The summed E-state index contributed by atoms with van der Waals surface area (Å²) in [6.07, 6.45) is 0.987. The molecule has 1 saturated heterocycles. The maximum absolute atomic E-state index is 11.7. The lowest BCUT2D eigenvalue weighted by Gasteiger charge is -2.15. The zero-order valence-corrected chi connectivity index (χ0v) is 11.0. The first-order valence-electron chi connectivity index (χ1n) is 5.63. The summed E-state index contributed by atoms with van der Waals surface area (Å²) in [5, 5.41) is 0. The van der Waals surface area contributed by atoms with E-state index in [1.807, 2.05) is 6.92 Å². The summed E-state index contributed by atoms with van der Waals surface area (Å²) in [5.74, 6) is -0.455. The molecule has 0 spiro atoms. The van der Waals surface area contributed by atoms with Gasteiger partial charge in [-0.3, -0.25) is 4.79 Å². The van der Waals surface area contributed by atoms with Crippen LogP contribution in [0.4, 0.5) is 0 Å². The SMILES string of the molecule is COC(=O)CCCS(=O)(=O)NC1CCOC1C. The molecule has 0 aromatic rings. The van der Waals surface area contributed by atoms with Gasteiger partial charge in [0.15, 0.2) is 0 Å². The number of methoxy groups -OCH3 is 1. The minimum Gasteiger partial charge on any atom is -0.469 e. The summed E-state index contributed by atoms with van der Waals surface area (Å²) < 4.78 is 35.7. The number of sulfonamides is 1. The maximum atomic E-state index is 11.7. The predicted molar refractivity (Wildman–Crippen MR) is 62.0 cm³/mol. The summed E-state index contributed by atoms with van der Waals surface area (Å²) >= 11 is 0. The highest BCUT2D eigenvalue weighted by molar-refractivity contribution is 7.89. The molecular formula is C10H19NO5S. The third kappa shape index (κ3) is 5.01. The molecule has 100 valence electrons. The average molecular weight is 265 g/mol. The largest absolute Gasteiger partial charge is 0.469 e. The van der Waals surface area contributed by atoms with Crippen LogP contribution in [-0.2, 0) is 24.3 Å². The molecule has 0 saturated carbocycles. The normalized spacial score (nSPS) is 24.8. The van der Waals surface area contributed by atoms with Crippen LogP contribution < -0.4 is 4.72 Å². The highest BCUT2D eigenvalue weighted by atomic mass is 32.2. The van der Waals surface area contributed by atoms with Crippen molar-refractivity contribution in [1.29, 1.82) is 0 Å². The molecule has 1 N–H and O–H groups in total. The molecule has 1 aliphatic heterocycles. The molecule has 0 bridgehead atoms. The van der Waals surface area contributed by atoms with Crippen LogP contribution in [0.2, 0.25) is 0 Å². The van der Waals surface area contributed by atoms with Crippen molar-refractivity contribution in [2.75, 3.05) is 19.5 Å². The Bertz CT molecular complexity index is 354. The third-order valence-electron chi connectivity index (χ3n) is 2.73. The van der Waals surface area contributed by atoms with E-state index in [0.717, 1.165) is 0 Å². The van der Waals surface area contributed by atoms with Crippen molar-refractivity contribution in [3.05, 3.63) is 0 Å². The number of carbonyl (C=O) groups is 1. The van der Waals surface area contributed by atoms with E-state index in [-0.39, 0.29) is 30.7 Å². The van der Waals surface area contributed by atoms with Crippen LogP contribution in [0, 0.1) is 0 Å². The molecule has 6 nitrogen and oxygen atoms in total. The smallest absolute Gasteiger partial charge is 0.305 e. The van der Waals surface area contributed by atoms with Crippen molar-refractivity contribution < 1.29 is 22.7 Å². The Morgan fingerprint density at radius 1 is 1.53 bits per heavy atom. The highest BCUT2D eigenvalue weighted by Crippen LogP contribution is 2.13. The number of hydrogen-bond donors (Lipinski definition) is 1. The second kappa shape index (κ2) is 6.32. The summed E-state index contributed by atoms with van der Waals surface area (Å²) in [6.45, 7) is 2.42. The summed E-state index contributed by atoms with van der Waals surface area (Å²) in [7, 11) is -2.06. The molecule has 17 heavy (non-hydrogen) atoms. The fourth-order valence-electron chi connectivity index (χ4n) is 1.68. The van der Waals surface area contributed by atoms with Gasteiger partial charge in [0, 0.05) is 19.1 Å². The van der Waals surface area contributed by atoms with E-state index in [4.69, 9.17) is 4.74 Å². The lowest BCUT2D eigenvalue weighted by atomic mass is 10.2. The number of nitrogens with one attached hydrogen (secondary N) is 1. The Morgan fingerprint density at radius 3 is 2.76 bits per heavy atom. The van der Waals surface area contributed by atoms with Crippen molar-refractivity contribution in [3.8, 4) is 0 Å². The molecule has 1 fully saturated rings. The maximum Gasteiger partial charge on any atom is 0.305 e. The number of ether oxygens (including phenoxy) is 2. The Hall–Kier alpha value is -0.660. The molecule has 1 heterocycles. The van der Waals surface area contributed by atoms with Gasteiger partial charge in [0.05, 0.1) is 19.0 Å². The van der Waals surface area contributed by atoms with Gasteiger partial charge >= 0.3 is 5.97 Å². The van der Waals surface area contributed by atoms with E-state index in [1.165, 1.54) is 7.11 Å². The lowest BCUT2D eigenvalue weighted by molar-refractivity contribution is -0.140. The quantitative estimate of drug-likeness (QED) is 0.686. The molecule has 7 heteroatoms. The predicted octanol–water partition coefficient (Wildman–Crippen LogP) is 0.0364. The third-order valence-corrected chi connectivity index (χ3v) is 4.22. The zero-order valence-electron chi connectivity index (χ0n) is 10.1. The van der Waals surface area contributed by atoms with Crippen molar-refractivity contribution in [3.63, 3.8) is 0 Å². The monoisotopic (exact) mass is 265 g/mol. The van der Waals surface area contributed by atoms with Crippen LogP contribution in [-0.4, -0.2) is 46.0 Å². The fourth-order valence-corrected chi connectivity index (χ4v) is 3.10. The molecular weight excluding hydrogens is 246 g/mol. The first-order valence-corrected chi connectivity index (χ1v) is 7.28. The van der Waals surface area contributed by atoms with Crippen LogP contribution in [0.5, 0.6) is 0 Å². The number of esters is 1. The van der Waals surface area contributed by atoms with Crippen LogP contribution in [0.25, 0.3) is 0 Å². The Labute approximate surface area is 102 Å². The zero-order chi connectivity index (χ0) is 12.9. The average Bonchev–Trinajstić information content (AvgIpc) is 2.63. The van der Waals surface area contributed by atoms with Crippen molar-refractivity contribution >= 4 is 16.0 Å². The molecule has 2 atom stereocenters. The topological polar surface area (TPSA) is 81.7 Å². The molecule has 0 aromatic heterocycles. The van der Waals surface area contributed by atoms with Crippen LogP contribution in [0.1, 0.15) is 26.2 Å². The summed E-state index contributed by atoms with van der Waals surface area (Å²) in [6, 6.07) is -0.155. The number of carbonyl (C=O) groups excluding carboxylic acids is 1. The van der Waals surface area contributed by atoms with Crippen molar-refractivity contribution in [2.45, 2.75) is 38.3 Å². The van der Waals surface area contributed by atoms with Gasteiger partial charge in [-0.05, 0) is 19.8 Å². The van der Waals surface area contributed by atoms with E-state index in [0.29, 0.717) is 13.0 Å². The highest BCUT2D eigenvalue weighted by Gasteiger charge is 2.28. The molecule has 1 rings (SSSR count). The second-order valence-corrected chi connectivity index (χ2v) is 5.96. The first-order chi connectivity index (χ1) is 7.94. The van der Waals surface area contributed by atoms with E-state index in [2.05, 4.69) is 9.46 Å². The first kappa shape index (κ1) is 14.4. The Balaban J connectivity index is 2.33. The Morgan fingerprint density at radius 2 is 2.24 bits per heavy atom. The summed E-state index contributed by atoms with van der Waals surface area (Å²) in [4.78, 5) is 10.8. The van der Waals surface area contributed by atoms with Gasteiger partial charge in [-0.2, -0.15) is 0 Å². The summed E-state index contributed by atoms with van der Waals surface area (Å²) in [5.41, 5.74) is 0. The van der Waals surface area contributed by atoms with E-state index < -0.39 is 16.0 Å². The minimum atomic E-state index is -3.34. The fraction of sp³-hybridized carbons (Fsp3) is 0.900. The minimum absolute atomic E-state index is 0.0642. The number of rotatable bonds is 6. The van der Waals surface area contributed by atoms with Crippen LogP contribution in [0.3, 0.4) is 0 Å². The lowest BCUT2D eigenvalue weighted by Crippen LogP contribution is -2.40. The van der Waals surface area contributed by atoms with Gasteiger partial charge in [0.1, 0.15) is 0 Å². The molecule has 0 radical (unpaired) electrons. The van der Waals surface area contributed by atoms with E-state index >= 15 is 0 Å². The number of hydrogen-bond acceptors (Lipinski definition) is 5.